The van der Waals surface area contributed by atoms with Crippen LogP contribution in [-0.2, 0) is 32.6 Å². The van der Waals surface area contributed by atoms with Crippen LogP contribution in [0.2, 0.25) is 15.1 Å². The van der Waals surface area contributed by atoms with Gasteiger partial charge < -0.3 is 15.0 Å². The molecule has 248 valence electrons. The highest BCUT2D eigenvalue weighted by Gasteiger charge is 2.36. The van der Waals surface area contributed by atoms with Crippen LogP contribution in [0.4, 0.5) is 5.69 Å². The monoisotopic (exact) mass is 715 g/mol. The predicted octanol–water partition coefficient (Wildman–Crippen LogP) is 7.41. The number of halogens is 3. The van der Waals surface area contributed by atoms with E-state index in [4.69, 9.17) is 39.5 Å². The minimum Gasteiger partial charge on any atom is -0.495 e. The minimum atomic E-state index is -4.35. The lowest BCUT2D eigenvalue weighted by molar-refractivity contribution is -0.140. The van der Waals surface area contributed by atoms with Gasteiger partial charge >= 0.3 is 0 Å². The number of nitrogens with zero attached hydrogens (tertiary/aromatic N) is 2. The van der Waals surface area contributed by atoms with Gasteiger partial charge in [0, 0.05) is 39.6 Å². The van der Waals surface area contributed by atoms with E-state index in [0.29, 0.717) is 22.0 Å². The number of hydrogen-bond donors (Lipinski definition) is 1. The smallest absolute Gasteiger partial charge is 0.264 e. The number of hydrogen-bond acceptors (Lipinski definition) is 5. The van der Waals surface area contributed by atoms with Crippen molar-refractivity contribution in [2.24, 2.45) is 0 Å². The van der Waals surface area contributed by atoms with E-state index in [1.54, 1.807) is 42.5 Å². The summed E-state index contributed by atoms with van der Waals surface area (Å²) in [6.07, 6.45) is 0.800. The van der Waals surface area contributed by atoms with Gasteiger partial charge in [0.15, 0.2) is 0 Å². The first kappa shape index (κ1) is 36.1. The molecule has 0 saturated carbocycles. The second-order valence-corrected chi connectivity index (χ2v) is 14.0. The van der Waals surface area contributed by atoms with E-state index in [1.807, 2.05) is 44.2 Å². The maximum absolute atomic E-state index is 14.7. The summed E-state index contributed by atoms with van der Waals surface area (Å²) < 4.78 is 35.0. The third-order valence-electron chi connectivity index (χ3n) is 7.68. The number of methoxy groups -OCH3 is 1. The molecule has 8 nitrogen and oxygen atoms in total. The summed E-state index contributed by atoms with van der Waals surface area (Å²) in [7, 11) is -2.96. The van der Waals surface area contributed by atoms with Crippen molar-refractivity contribution in [3.05, 3.63) is 123 Å². The van der Waals surface area contributed by atoms with E-state index in [9.17, 15) is 18.0 Å². The van der Waals surface area contributed by atoms with Crippen molar-refractivity contribution >= 4 is 62.3 Å². The Morgan fingerprint density at radius 3 is 2.09 bits per heavy atom. The second kappa shape index (κ2) is 16.4. The molecule has 0 bridgehead atoms. The first-order chi connectivity index (χ1) is 22.5. The van der Waals surface area contributed by atoms with Crippen molar-refractivity contribution in [3.63, 3.8) is 0 Å². The van der Waals surface area contributed by atoms with Gasteiger partial charge in [0.05, 0.1) is 17.7 Å². The molecule has 0 heterocycles. The normalized spacial score (nSPS) is 12.6. The van der Waals surface area contributed by atoms with Crippen LogP contribution in [0.5, 0.6) is 5.75 Å². The Balaban J connectivity index is 1.88. The number of carbonyl (C=O) groups excluding carboxylic acids is 2. The summed E-state index contributed by atoms with van der Waals surface area (Å²) in [6, 6.07) is 25.2. The van der Waals surface area contributed by atoms with Crippen molar-refractivity contribution in [2.45, 2.75) is 50.2 Å². The maximum atomic E-state index is 14.7. The summed E-state index contributed by atoms with van der Waals surface area (Å²) in [5.41, 5.74) is 1.26. The van der Waals surface area contributed by atoms with Crippen LogP contribution in [0.1, 0.15) is 31.4 Å². The van der Waals surface area contributed by atoms with Crippen LogP contribution < -0.4 is 14.4 Å². The molecule has 4 rings (SSSR count). The van der Waals surface area contributed by atoms with E-state index in [-0.39, 0.29) is 40.4 Å². The van der Waals surface area contributed by atoms with Crippen molar-refractivity contribution in [1.29, 1.82) is 0 Å². The second-order valence-electron chi connectivity index (χ2n) is 10.9. The quantitative estimate of drug-likeness (QED) is 0.147. The third-order valence-corrected chi connectivity index (χ3v) is 10.4. The predicted molar refractivity (Wildman–Crippen MR) is 188 cm³/mol. The van der Waals surface area contributed by atoms with E-state index in [2.05, 4.69) is 5.32 Å². The van der Waals surface area contributed by atoms with Crippen molar-refractivity contribution < 1.29 is 22.7 Å². The maximum Gasteiger partial charge on any atom is 0.264 e. The van der Waals surface area contributed by atoms with Crippen LogP contribution in [0.25, 0.3) is 0 Å². The topological polar surface area (TPSA) is 96.0 Å². The molecule has 4 aromatic rings. The number of benzene rings is 4. The Hall–Kier alpha value is -3.76. The fourth-order valence-corrected chi connectivity index (χ4v) is 7.06. The molecule has 0 aliphatic rings. The van der Waals surface area contributed by atoms with E-state index < -0.39 is 34.4 Å². The molecule has 0 spiro atoms. The zero-order valence-corrected chi connectivity index (χ0v) is 29.3. The zero-order chi connectivity index (χ0) is 34.1. The SMILES string of the molecule is CC[C@@H](C)NC(=O)[C@@H](Cc1ccccc1)N(Cc1c(Cl)cccc1Cl)C(=O)CN(c1cc(Cl)ccc1OC)S(=O)(=O)c1ccccc1. The number of anilines is 1. The van der Waals surface area contributed by atoms with Gasteiger partial charge in [-0.1, -0.05) is 96.3 Å². The summed E-state index contributed by atoms with van der Waals surface area (Å²) in [5, 5.41) is 3.82. The third kappa shape index (κ3) is 8.99. The van der Waals surface area contributed by atoms with E-state index in [1.165, 1.54) is 36.3 Å². The van der Waals surface area contributed by atoms with Gasteiger partial charge in [-0.2, -0.15) is 0 Å². The van der Waals surface area contributed by atoms with Gasteiger partial charge in [0.2, 0.25) is 11.8 Å². The van der Waals surface area contributed by atoms with Crippen LogP contribution in [0, 0.1) is 0 Å². The molecule has 12 heteroatoms. The lowest BCUT2D eigenvalue weighted by Crippen LogP contribution is -2.54. The van der Waals surface area contributed by atoms with Crippen molar-refractivity contribution in [3.8, 4) is 5.75 Å². The molecule has 47 heavy (non-hydrogen) atoms. The van der Waals surface area contributed by atoms with Crippen LogP contribution in [0.15, 0.2) is 102 Å². The highest BCUT2D eigenvalue weighted by molar-refractivity contribution is 7.92. The average molecular weight is 717 g/mol. The van der Waals surface area contributed by atoms with Gasteiger partial charge in [-0.05, 0) is 61.4 Å². The minimum absolute atomic E-state index is 0.0501. The Morgan fingerprint density at radius 2 is 1.49 bits per heavy atom. The molecule has 0 aromatic heterocycles. The van der Waals surface area contributed by atoms with Gasteiger partial charge in [-0.3, -0.25) is 13.9 Å². The molecular weight excluding hydrogens is 681 g/mol. The highest BCUT2D eigenvalue weighted by Crippen LogP contribution is 2.35. The molecular formula is C35H36Cl3N3O5S. The van der Waals surface area contributed by atoms with E-state index >= 15 is 0 Å². The molecule has 0 unspecified atom stereocenters. The average Bonchev–Trinajstić information content (AvgIpc) is 3.06. The van der Waals surface area contributed by atoms with Gasteiger partial charge in [0.25, 0.3) is 10.0 Å². The Bertz CT molecular complexity index is 1770. The molecule has 0 fully saturated rings. The Kier molecular flexibility index (Phi) is 12.6. The van der Waals surface area contributed by atoms with Gasteiger partial charge in [-0.25, -0.2) is 8.42 Å². The van der Waals surface area contributed by atoms with E-state index in [0.717, 1.165) is 9.87 Å². The fraction of sp³-hybridized carbons (Fsp3) is 0.257. The number of nitrogens with one attached hydrogen (secondary N) is 1. The highest BCUT2D eigenvalue weighted by atomic mass is 35.5. The van der Waals surface area contributed by atoms with Crippen LogP contribution in [-0.4, -0.2) is 50.9 Å². The number of rotatable bonds is 14. The molecule has 0 aliphatic heterocycles. The fourth-order valence-electron chi connectivity index (χ4n) is 4.94. The summed E-state index contributed by atoms with van der Waals surface area (Å²) in [5.74, 6) is -0.905. The standard InChI is InChI=1S/C35H36Cl3N3O5S/c1-4-24(2)39-35(43)32(20-25-12-7-5-8-13-25)40(22-28-29(37)16-11-17-30(28)38)34(42)23-41(31-21-26(36)18-19-33(31)46-3)47(44,45)27-14-9-6-10-15-27/h5-19,21,24,32H,4,20,22-23H2,1-3H3,(H,39,43)/t24-,32-/m1/s1. The summed E-state index contributed by atoms with van der Waals surface area (Å²) in [4.78, 5) is 30.0. The van der Waals surface area contributed by atoms with Crippen LogP contribution in [0.3, 0.4) is 0 Å². The lowest BCUT2D eigenvalue weighted by Gasteiger charge is -2.35. The molecule has 4 aromatic carbocycles. The number of carbonyl (C=O) groups is 2. The Morgan fingerprint density at radius 1 is 0.872 bits per heavy atom. The number of amides is 2. The molecule has 2 amide bonds. The summed E-state index contributed by atoms with van der Waals surface area (Å²) >= 11 is 19.5. The van der Waals surface area contributed by atoms with Crippen molar-refractivity contribution in [1.82, 2.24) is 10.2 Å². The first-order valence-electron chi connectivity index (χ1n) is 14.9. The molecule has 0 radical (unpaired) electrons. The largest absolute Gasteiger partial charge is 0.495 e. The first-order valence-corrected chi connectivity index (χ1v) is 17.5. The number of sulfonamides is 1. The van der Waals surface area contributed by atoms with Crippen molar-refractivity contribution in [2.75, 3.05) is 18.0 Å². The molecule has 1 N–H and O–H groups in total. The van der Waals surface area contributed by atoms with Gasteiger partial charge in [0.1, 0.15) is 18.3 Å². The Labute approximate surface area is 291 Å². The summed E-state index contributed by atoms with van der Waals surface area (Å²) in [6.45, 7) is 2.94. The molecule has 0 aliphatic carbocycles. The molecule has 2 atom stereocenters. The zero-order valence-electron chi connectivity index (χ0n) is 26.2. The molecule has 0 saturated heterocycles. The lowest BCUT2D eigenvalue weighted by atomic mass is 10.0. The number of ether oxygens (including phenoxy) is 1. The van der Waals surface area contributed by atoms with Gasteiger partial charge in [-0.15, -0.1) is 0 Å². The van der Waals surface area contributed by atoms with Crippen LogP contribution >= 0.6 is 34.8 Å².